The van der Waals surface area contributed by atoms with Gasteiger partial charge in [0.25, 0.3) is 0 Å². The largest absolute Gasteiger partial charge is 0.289 e. The van der Waals surface area contributed by atoms with Crippen LogP contribution in [0.4, 0.5) is 0 Å². The molecule has 2 aromatic carbocycles. The zero-order valence-corrected chi connectivity index (χ0v) is 13.9. The van der Waals surface area contributed by atoms with Crippen LogP contribution in [0.5, 0.6) is 0 Å². The molecule has 0 saturated heterocycles. The second-order valence-electron chi connectivity index (χ2n) is 5.88. The van der Waals surface area contributed by atoms with E-state index in [0.717, 1.165) is 16.0 Å². The zero-order valence-electron chi connectivity index (χ0n) is 13.0. The van der Waals surface area contributed by atoms with Crippen LogP contribution >= 0.6 is 10.9 Å². The minimum absolute atomic E-state index is 0.0236. The maximum absolute atomic E-state index is 13.1. The summed E-state index contributed by atoms with van der Waals surface area (Å²) in [6, 6.07) is 9.22. The van der Waals surface area contributed by atoms with E-state index in [0.29, 0.717) is 22.3 Å². The van der Waals surface area contributed by atoms with Crippen LogP contribution in [0.25, 0.3) is 0 Å². The molecule has 0 saturated carbocycles. The number of hydrogen-bond donors (Lipinski definition) is 1. The van der Waals surface area contributed by atoms with Crippen LogP contribution in [0.3, 0.4) is 0 Å². The molecule has 2 nitrogen and oxygen atoms in total. The lowest BCUT2D eigenvalue weighted by molar-refractivity contribution is 0.0976. The number of thiol groups is 1. The van der Waals surface area contributed by atoms with Crippen LogP contribution in [-0.2, 0) is 0 Å². The quantitative estimate of drug-likeness (QED) is 0.671. The molecular formula is C20H16O2S. The summed E-state index contributed by atoms with van der Waals surface area (Å²) < 4.78 is 0. The molecule has 0 bridgehead atoms. The number of hydrogen-bond acceptors (Lipinski definition) is 2. The average Bonchev–Trinajstić information content (AvgIpc) is 3.09. The summed E-state index contributed by atoms with van der Waals surface area (Å²) in [5.74, 6) is -0.0516. The topological polar surface area (TPSA) is 34.1 Å². The van der Waals surface area contributed by atoms with Gasteiger partial charge in [-0.05, 0) is 41.9 Å². The van der Waals surface area contributed by atoms with Gasteiger partial charge in [0.1, 0.15) is 0 Å². The smallest absolute Gasteiger partial charge is 0.195 e. The van der Waals surface area contributed by atoms with E-state index in [2.05, 4.69) is 16.9 Å². The SMILES string of the molecule is Cc1cc([SH]2C=CC=C2)c2c(c1C)C(=O)c1ccccc1C2=O. The van der Waals surface area contributed by atoms with Crippen molar-refractivity contribution in [2.75, 3.05) is 0 Å². The van der Waals surface area contributed by atoms with Crippen molar-refractivity contribution in [1.82, 2.24) is 0 Å². The van der Waals surface area contributed by atoms with E-state index in [1.54, 1.807) is 12.1 Å². The van der Waals surface area contributed by atoms with Gasteiger partial charge in [0.15, 0.2) is 11.6 Å². The first-order valence-electron chi connectivity index (χ1n) is 7.55. The Kier molecular flexibility index (Phi) is 3.13. The Balaban J connectivity index is 2.07. The van der Waals surface area contributed by atoms with E-state index < -0.39 is 10.9 Å². The molecule has 0 fully saturated rings. The van der Waals surface area contributed by atoms with Crippen LogP contribution in [0.2, 0.25) is 0 Å². The molecule has 1 aliphatic heterocycles. The van der Waals surface area contributed by atoms with E-state index in [-0.39, 0.29) is 11.6 Å². The number of allylic oxidation sites excluding steroid dienone is 2. The normalized spacial score (nSPS) is 16.7. The standard InChI is InChI=1S/C20H16O2S/c1-12-11-16(23-9-5-6-10-23)18-17(13(12)2)19(21)14-7-3-4-8-15(14)20(18)22/h3-11,23H,1-2H3. The fourth-order valence-corrected chi connectivity index (χ4v) is 5.06. The van der Waals surface area contributed by atoms with E-state index in [9.17, 15) is 9.59 Å². The van der Waals surface area contributed by atoms with Crippen molar-refractivity contribution < 1.29 is 9.59 Å². The second kappa shape index (κ2) is 5.07. The number of benzene rings is 2. The van der Waals surface area contributed by atoms with Crippen molar-refractivity contribution in [2.24, 2.45) is 0 Å². The molecule has 2 aromatic rings. The zero-order chi connectivity index (χ0) is 16.1. The van der Waals surface area contributed by atoms with Crippen LogP contribution in [-0.4, -0.2) is 11.6 Å². The fourth-order valence-electron chi connectivity index (χ4n) is 3.26. The molecule has 2 aliphatic rings. The van der Waals surface area contributed by atoms with Gasteiger partial charge >= 0.3 is 0 Å². The van der Waals surface area contributed by atoms with E-state index in [1.165, 1.54) is 0 Å². The summed E-state index contributed by atoms with van der Waals surface area (Å²) in [4.78, 5) is 27.1. The van der Waals surface area contributed by atoms with Crippen molar-refractivity contribution >= 4 is 22.5 Å². The molecule has 0 radical (unpaired) electrons. The maximum atomic E-state index is 13.1. The lowest BCUT2D eigenvalue weighted by Gasteiger charge is -2.25. The predicted octanol–water partition coefficient (Wildman–Crippen LogP) is 4.48. The molecule has 0 atom stereocenters. The Morgan fingerprint density at radius 3 is 2.00 bits per heavy atom. The molecule has 114 valence electrons. The third kappa shape index (κ3) is 1.97. The fraction of sp³-hybridized carbons (Fsp3) is 0.100. The third-order valence-corrected chi connectivity index (χ3v) is 6.47. The molecule has 3 heteroatoms. The van der Waals surface area contributed by atoms with Gasteiger partial charge in [-0.25, -0.2) is 0 Å². The van der Waals surface area contributed by atoms with Gasteiger partial charge in [-0.1, -0.05) is 36.4 Å². The number of ketones is 2. The molecule has 0 spiro atoms. The van der Waals surface area contributed by atoms with Crippen molar-refractivity contribution in [1.29, 1.82) is 0 Å². The number of fused-ring (bicyclic) bond motifs is 2. The van der Waals surface area contributed by atoms with Crippen LogP contribution in [0, 0.1) is 13.8 Å². The van der Waals surface area contributed by atoms with Crippen molar-refractivity contribution in [3.8, 4) is 0 Å². The summed E-state index contributed by atoms with van der Waals surface area (Å²) >= 11 is 0. The highest BCUT2D eigenvalue weighted by Crippen LogP contribution is 2.47. The Labute approximate surface area is 137 Å². The molecule has 0 aromatic heterocycles. The van der Waals surface area contributed by atoms with Crippen LogP contribution < -0.4 is 0 Å². The lowest BCUT2D eigenvalue weighted by Crippen LogP contribution is -2.23. The highest BCUT2D eigenvalue weighted by Gasteiger charge is 2.34. The number of carbonyl (C=O) groups is 2. The summed E-state index contributed by atoms with van der Waals surface area (Å²) in [7, 11) is -0.653. The molecule has 1 heterocycles. The minimum atomic E-state index is -0.653. The van der Waals surface area contributed by atoms with Crippen LogP contribution in [0.1, 0.15) is 43.0 Å². The van der Waals surface area contributed by atoms with Gasteiger partial charge in [-0.2, -0.15) is 10.9 Å². The number of rotatable bonds is 1. The van der Waals surface area contributed by atoms with Crippen molar-refractivity contribution in [3.63, 3.8) is 0 Å². The number of aryl methyl sites for hydroxylation is 1. The van der Waals surface area contributed by atoms with Gasteiger partial charge in [0, 0.05) is 27.1 Å². The highest BCUT2D eigenvalue weighted by molar-refractivity contribution is 8.22. The van der Waals surface area contributed by atoms with Gasteiger partial charge in [0.2, 0.25) is 0 Å². The first kappa shape index (κ1) is 14.2. The van der Waals surface area contributed by atoms with Crippen molar-refractivity contribution in [3.05, 3.63) is 86.7 Å². The van der Waals surface area contributed by atoms with Gasteiger partial charge in [0.05, 0.1) is 0 Å². The molecule has 0 unspecified atom stereocenters. The van der Waals surface area contributed by atoms with Gasteiger partial charge < -0.3 is 0 Å². The average molecular weight is 320 g/mol. The van der Waals surface area contributed by atoms with E-state index >= 15 is 0 Å². The molecule has 4 rings (SSSR count). The Morgan fingerprint density at radius 1 is 0.826 bits per heavy atom. The maximum Gasteiger partial charge on any atom is 0.195 e. The summed E-state index contributed by atoms with van der Waals surface area (Å²) in [6.07, 6.45) is 4.02. The Hall–Kier alpha value is -2.39. The second-order valence-corrected chi connectivity index (χ2v) is 7.77. The monoisotopic (exact) mass is 320 g/mol. The predicted molar refractivity (Wildman–Crippen MR) is 94.8 cm³/mol. The minimum Gasteiger partial charge on any atom is -0.289 e. The Morgan fingerprint density at radius 2 is 1.39 bits per heavy atom. The summed E-state index contributed by atoms with van der Waals surface area (Å²) in [5.41, 5.74) is 4.24. The van der Waals surface area contributed by atoms with Gasteiger partial charge in [-0.15, -0.1) is 0 Å². The van der Waals surface area contributed by atoms with Crippen molar-refractivity contribution in [2.45, 2.75) is 18.7 Å². The molecule has 0 N–H and O–H groups in total. The summed E-state index contributed by atoms with van der Waals surface area (Å²) in [6.45, 7) is 3.95. The molecule has 1 aliphatic carbocycles. The van der Waals surface area contributed by atoms with E-state index in [1.807, 2.05) is 38.1 Å². The molecular weight excluding hydrogens is 304 g/mol. The first-order valence-corrected chi connectivity index (χ1v) is 9.03. The number of carbonyl (C=O) groups excluding carboxylic acids is 2. The van der Waals surface area contributed by atoms with Crippen LogP contribution in [0.15, 0.2) is 58.2 Å². The van der Waals surface area contributed by atoms with Gasteiger partial charge in [-0.3, -0.25) is 9.59 Å². The lowest BCUT2D eigenvalue weighted by atomic mass is 9.81. The first-order chi connectivity index (χ1) is 11.1. The van der Waals surface area contributed by atoms with E-state index in [4.69, 9.17) is 0 Å². The molecule has 23 heavy (non-hydrogen) atoms. The summed E-state index contributed by atoms with van der Waals surface area (Å²) in [5, 5.41) is 4.25. The Bertz CT molecular complexity index is 923. The highest BCUT2D eigenvalue weighted by atomic mass is 32.2. The molecule has 0 amide bonds. The third-order valence-electron chi connectivity index (χ3n) is 4.58.